The van der Waals surface area contributed by atoms with E-state index in [1.54, 1.807) is 6.20 Å². The van der Waals surface area contributed by atoms with Gasteiger partial charge < -0.3 is 4.74 Å². The minimum atomic E-state index is 0.0155. The van der Waals surface area contributed by atoms with E-state index in [0.717, 1.165) is 29.7 Å². The van der Waals surface area contributed by atoms with Gasteiger partial charge in [-0.2, -0.15) is 0 Å². The van der Waals surface area contributed by atoms with E-state index in [0.29, 0.717) is 0 Å². The molecule has 1 aromatic carbocycles. The summed E-state index contributed by atoms with van der Waals surface area (Å²) in [6.45, 7) is 3.00. The molecule has 1 aromatic heterocycles. The number of rotatable bonds is 7. The molecule has 0 radical (unpaired) electrons. The Kier molecular flexibility index (Phi) is 6.02. The van der Waals surface area contributed by atoms with Crippen LogP contribution in [0.2, 0.25) is 0 Å². The van der Waals surface area contributed by atoms with Gasteiger partial charge in [0.05, 0.1) is 6.20 Å². The highest BCUT2D eigenvalue weighted by Crippen LogP contribution is 2.14. The molecule has 0 saturated carbocycles. The van der Waals surface area contributed by atoms with Crippen LogP contribution in [0.4, 0.5) is 0 Å². The van der Waals surface area contributed by atoms with E-state index in [2.05, 4.69) is 57.4 Å². The monoisotopic (exact) mass is 334 g/mol. The van der Waals surface area contributed by atoms with Gasteiger partial charge >= 0.3 is 0 Å². The number of hydrogen-bond donors (Lipinski definition) is 1. The first kappa shape index (κ1) is 15.0. The van der Waals surface area contributed by atoms with Gasteiger partial charge in [-0.05, 0) is 46.5 Å². The Morgan fingerprint density at radius 2 is 2.00 bits per heavy atom. The Morgan fingerprint density at radius 1 is 1.20 bits per heavy atom. The first-order chi connectivity index (χ1) is 9.78. The van der Waals surface area contributed by atoms with Crippen LogP contribution in [-0.2, 0) is 6.42 Å². The van der Waals surface area contributed by atoms with Gasteiger partial charge in [0.2, 0.25) is 0 Å². The number of nitrogens with one attached hydrogen (secondary N) is 1. The molecule has 4 heteroatoms. The lowest BCUT2D eigenvalue weighted by Gasteiger charge is -2.18. The Morgan fingerprint density at radius 3 is 2.65 bits per heavy atom. The second kappa shape index (κ2) is 8.02. The molecule has 1 heterocycles. The summed E-state index contributed by atoms with van der Waals surface area (Å²) >= 11 is 3.31. The van der Waals surface area contributed by atoms with E-state index in [1.807, 2.05) is 18.2 Å². The summed E-state index contributed by atoms with van der Waals surface area (Å²) in [6, 6.07) is 14.2. The summed E-state index contributed by atoms with van der Waals surface area (Å²) < 4.78 is 6.68. The highest BCUT2D eigenvalue weighted by molar-refractivity contribution is 9.10. The molecule has 0 saturated heterocycles. The Labute approximate surface area is 128 Å². The molecule has 2 rings (SSSR count). The lowest BCUT2D eigenvalue weighted by molar-refractivity contribution is 0.159. The SMILES string of the molecule is CCC(NCCc1ccccc1)Oc1ccc(Br)nc1. The van der Waals surface area contributed by atoms with Crippen molar-refractivity contribution in [2.45, 2.75) is 26.0 Å². The third-order valence-electron chi connectivity index (χ3n) is 2.98. The van der Waals surface area contributed by atoms with Crippen molar-refractivity contribution in [2.24, 2.45) is 0 Å². The average molecular weight is 335 g/mol. The summed E-state index contributed by atoms with van der Waals surface area (Å²) in [7, 11) is 0. The van der Waals surface area contributed by atoms with Crippen LogP contribution in [-0.4, -0.2) is 17.8 Å². The molecule has 0 aliphatic carbocycles. The zero-order valence-electron chi connectivity index (χ0n) is 11.6. The molecule has 20 heavy (non-hydrogen) atoms. The molecular formula is C16H19BrN2O. The van der Waals surface area contributed by atoms with Gasteiger partial charge in [-0.3, -0.25) is 5.32 Å². The summed E-state index contributed by atoms with van der Waals surface area (Å²) in [4.78, 5) is 4.16. The summed E-state index contributed by atoms with van der Waals surface area (Å²) in [5.74, 6) is 0.785. The van der Waals surface area contributed by atoms with E-state index in [-0.39, 0.29) is 6.23 Å². The Bertz CT molecular complexity index is 502. The van der Waals surface area contributed by atoms with Crippen molar-refractivity contribution < 1.29 is 4.74 Å². The number of nitrogens with zero attached hydrogens (tertiary/aromatic N) is 1. The van der Waals surface area contributed by atoms with Crippen LogP contribution in [0.25, 0.3) is 0 Å². The second-order valence-corrected chi connectivity index (χ2v) is 5.33. The van der Waals surface area contributed by atoms with Crippen molar-refractivity contribution in [1.29, 1.82) is 0 Å². The van der Waals surface area contributed by atoms with Crippen molar-refractivity contribution in [3.05, 3.63) is 58.8 Å². The highest BCUT2D eigenvalue weighted by Gasteiger charge is 2.07. The summed E-state index contributed by atoms with van der Waals surface area (Å²) in [5.41, 5.74) is 1.33. The molecule has 2 aromatic rings. The maximum absolute atomic E-state index is 5.86. The maximum atomic E-state index is 5.86. The van der Waals surface area contributed by atoms with Crippen molar-refractivity contribution >= 4 is 15.9 Å². The Balaban J connectivity index is 1.79. The molecule has 0 aliphatic rings. The van der Waals surface area contributed by atoms with Crippen LogP contribution in [0.1, 0.15) is 18.9 Å². The third-order valence-corrected chi connectivity index (χ3v) is 3.45. The maximum Gasteiger partial charge on any atom is 0.150 e. The normalized spacial score (nSPS) is 12.1. The molecule has 0 aliphatic heterocycles. The first-order valence-electron chi connectivity index (χ1n) is 6.83. The first-order valence-corrected chi connectivity index (χ1v) is 7.62. The second-order valence-electron chi connectivity index (χ2n) is 4.52. The van der Waals surface area contributed by atoms with E-state index < -0.39 is 0 Å². The fourth-order valence-corrected chi connectivity index (χ4v) is 2.12. The van der Waals surface area contributed by atoms with Crippen molar-refractivity contribution in [1.82, 2.24) is 10.3 Å². The summed E-state index contributed by atoms with van der Waals surface area (Å²) in [6.07, 6.45) is 3.65. The van der Waals surface area contributed by atoms with E-state index in [4.69, 9.17) is 4.74 Å². The van der Waals surface area contributed by atoms with Crippen LogP contribution in [0, 0.1) is 0 Å². The number of pyridine rings is 1. The highest BCUT2D eigenvalue weighted by atomic mass is 79.9. The fourth-order valence-electron chi connectivity index (χ4n) is 1.89. The average Bonchev–Trinajstić information content (AvgIpc) is 2.49. The van der Waals surface area contributed by atoms with Gasteiger partial charge in [0.1, 0.15) is 16.6 Å². The zero-order chi connectivity index (χ0) is 14.2. The van der Waals surface area contributed by atoms with Crippen LogP contribution < -0.4 is 10.1 Å². The standard InChI is InChI=1S/C16H19BrN2O/c1-2-16(20-14-8-9-15(17)19-12-14)18-11-10-13-6-4-3-5-7-13/h3-9,12,16,18H,2,10-11H2,1H3. The van der Waals surface area contributed by atoms with Crippen LogP contribution in [0.15, 0.2) is 53.3 Å². The Hall–Kier alpha value is -1.39. The number of hydrogen-bond acceptors (Lipinski definition) is 3. The molecule has 1 N–H and O–H groups in total. The molecule has 0 spiro atoms. The number of benzene rings is 1. The molecule has 0 fully saturated rings. The van der Waals surface area contributed by atoms with E-state index >= 15 is 0 Å². The van der Waals surface area contributed by atoms with Crippen molar-refractivity contribution in [2.75, 3.05) is 6.54 Å². The molecule has 106 valence electrons. The lowest BCUT2D eigenvalue weighted by atomic mass is 10.1. The predicted octanol–water partition coefficient (Wildman–Crippen LogP) is 3.79. The minimum absolute atomic E-state index is 0.0155. The van der Waals surface area contributed by atoms with Gasteiger partial charge in [0.25, 0.3) is 0 Å². The topological polar surface area (TPSA) is 34.1 Å². The fraction of sp³-hybridized carbons (Fsp3) is 0.312. The molecule has 0 bridgehead atoms. The molecule has 1 unspecified atom stereocenters. The molecule has 3 nitrogen and oxygen atoms in total. The molecule has 1 atom stereocenters. The van der Waals surface area contributed by atoms with E-state index in [9.17, 15) is 0 Å². The third kappa shape index (κ3) is 4.94. The quantitative estimate of drug-likeness (QED) is 0.617. The lowest BCUT2D eigenvalue weighted by Crippen LogP contribution is -2.35. The number of halogens is 1. The van der Waals surface area contributed by atoms with Crippen LogP contribution >= 0.6 is 15.9 Å². The number of aromatic nitrogens is 1. The molecular weight excluding hydrogens is 316 g/mol. The van der Waals surface area contributed by atoms with Crippen LogP contribution in [0.3, 0.4) is 0 Å². The van der Waals surface area contributed by atoms with Crippen molar-refractivity contribution in [3.63, 3.8) is 0 Å². The van der Waals surface area contributed by atoms with E-state index in [1.165, 1.54) is 5.56 Å². The summed E-state index contributed by atoms with van der Waals surface area (Å²) in [5, 5.41) is 3.42. The van der Waals surface area contributed by atoms with Gasteiger partial charge in [-0.15, -0.1) is 0 Å². The van der Waals surface area contributed by atoms with Gasteiger partial charge in [-0.1, -0.05) is 37.3 Å². The van der Waals surface area contributed by atoms with Gasteiger partial charge in [0, 0.05) is 6.54 Å². The molecule has 0 amide bonds. The van der Waals surface area contributed by atoms with Crippen LogP contribution in [0.5, 0.6) is 5.75 Å². The smallest absolute Gasteiger partial charge is 0.150 e. The largest absolute Gasteiger partial charge is 0.474 e. The van der Waals surface area contributed by atoms with Gasteiger partial charge in [-0.25, -0.2) is 4.98 Å². The zero-order valence-corrected chi connectivity index (χ0v) is 13.1. The predicted molar refractivity (Wildman–Crippen MR) is 84.8 cm³/mol. The van der Waals surface area contributed by atoms with Gasteiger partial charge in [0.15, 0.2) is 0 Å². The van der Waals surface area contributed by atoms with Crippen molar-refractivity contribution in [3.8, 4) is 5.75 Å². The minimum Gasteiger partial charge on any atom is -0.474 e. The number of ether oxygens (including phenoxy) is 1.